The lowest BCUT2D eigenvalue weighted by Gasteiger charge is -2.29. The van der Waals surface area contributed by atoms with Crippen LogP contribution in [0.25, 0.3) is 0 Å². The molecule has 3 heterocycles. The van der Waals surface area contributed by atoms with Gasteiger partial charge in [-0.2, -0.15) is 0 Å². The first kappa shape index (κ1) is 9.15. The highest BCUT2D eigenvalue weighted by atomic mass is 16.5. The number of pyridine rings is 2. The van der Waals surface area contributed by atoms with Crippen LogP contribution < -0.4 is 9.64 Å². The van der Waals surface area contributed by atoms with Crippen molar-refractivity contribution in [2.75, 3.05) is 11.6 Å². The topological polar surface area (TPSA) is 38.2 Å². The van der Waals surface area contributed by atoms with Crippen molar-refractivity contribution in [1.29, 1.82) is 0 Å². The summed E-state index contributed by atoms with van der Waals surface area (Å²) in [6.45, 7) is 1.36. The van der Waals surface area contributed by atoms with Gasteiger partial charge in [-0.15, -0.1) is 0 Å². The summed E-state index contributed by atoms with van der Waals surface area (Å²) < 4.78 is 5.58. The molecule has 0 aliphatic carbocycles. The van der Waals surface area contributed by atoms with Crippen LogP contribution in [0.1, 0.15) is 5.56 Å². The second-order valence-corrected chi connectivity index (χ2v) is 3.64. The highest BCUT2D eigenvalue weighted by molar-refractivity contribution is 5.47. The van der Waals surface area contributed by atoms with Crippen LogP contribution >= 0.6 is 0 Å². The van der Waals surface area contributed by atoms with Crippen LogP contribution in [0.2, 0.25) is 0 Å². The van der Waals surface area contributed by atoms with Crippen molar-refractivity contribution >= 4 is 5.69 Å². The van der Waals surface area contributed by atoms with Gasteiger partial charge in [0.15, 0.2) is 6.73 Å². The van der Waals surface area contributed by atoms with Gasteiger partial charge in [0.1, 0.15) is 0 Å². The number of hydrogen-bond acceptors (Lipinski definition) is 4. The minimum absolute atomic E-state index is 0.536. The lowest BCUT2D eigenvalue weighted by molar-refractivity contribution is 0.277. The summed E-state index contributed by atoms with van der Waals surface area (Å²) in [7, 11) is 0. The van der Waals surface area contributed by atoms with Gasteiger partial charge in [0.05, 0.1) is 6.54 Å². The summed E-state index contributed by atoms with van der Waals surface area (Å²) in [6.07, 6.45) is 5.32. The average molecular weight is 213 g/mol. The van der Waals surface area contributed by atoms with Gasteiger partial charge in [-0.05, 0) is 18.2 Å². The largest absolute Gasteiger partial charge is 0.456 e. The summed E-state index contributed by atoms with van der Waals surface area (Å²) >= 11 is 0. The van der Waals surface area contributed by atoms with E-state index in [9.17, 15) is 0 Å². The first-order valence-electron chi connectivity index (χ1n) is 5.15. The zero-order chi connectivity index (χ0) is 10.8. The SMILES string of the molecule is c1cnc2c(c1)CN(c1ccncc1)CO2. The van der Waals surface area contributed by atoms with Crippen molar-refractivity contribution in [2.45, 2.75) is 6.54 Å². The van der Waals surface area contributed by atoms with E-state index in [4.69, 9.17) is 4.74 Å². The third-order valence-corrected chi connectivity index (χ3v) is 2.60. The quantitative estimate of drug-likeness (QED) is 0.724. The molecule has 0 N–H and O–H groups in total. The van der Waals surface area contributed by atoms with Crippen molar-refractivity contribution in [2.24, 2.45) is 0 Å². The Labute approximate surface area is 93.5 Å². The van der Waals surface area contributed by atoms with Gasteiger partial charge < -0.3 is 9.64 Å². The summed E-state index contributed by atoms with van der Waals surface area (Å²) in [5, 5.41) is 0. The summed E-state index contributed by atoms with van der Waals surface area (Å²) in [4.78, 5) is 10.3. The van der Waals surface area contributed by atoms with E-state index in [2.05, 4.69) is 14.9 Å². The van der Waals surface area contributed by atoms with Gasteiger partial charge in [0.25, 0.3) is 0 Å². The van der Waals surface area contributed by atoms with E-state index in [-0.39, 0.29) is 0 Å². The molecule has 80 valence electrons. The lowest BCUT2D eigenvalue weighted by atomic mass is 10.2. The fourth-order valence-corrected chi connectivity index (χ4v) is 1.79. The fourth-order valence-electron chi connectivity index (χ4n) is 1.79. The van der Waals surface area contributed by atoms with E-state index in [0.717, 1.165) is 23.7 Å². The minimum Gasteiger partial charge on any atom is -0.456 e. The van der Waals surface area contributed by atoms with Crippen LogP contribution in [0.3, 0.4) is 0 Å². The van der Waals surface area contributed by atoms with Gasteiger partial charge in [0, 0.05) is 29.8 Å². The Hall–Kier alpha value is -2.10. The molecular weight excluding hydrogens is 202 g/mol. The van der Waals surface area contributed by atoms with Crippen LogP contribution in [0.5, 0.6) is 5.88 Å². The predicted molar refractivity (Wildman–Crippen MR) is 60.2 cm³/mol. The molecule has 1 aliphatic rings. The zero-order valence-electron chi connectivity index (χ0n) is 8.71. The molecule has 1 aliphatic heterocycles. The molecule has 0 aromatic carbocycles. The number of fused-ring (bicyclic) bond motifs is 1. The monoisotopic (exact) mass is 213 g/mol. The van der Waals surface area contributed by atoms with Gasteiger partial charge in [-0.3, -0.25) is 4.98 Å². The molecule has 16 heavy (non-hydrogen) atoms. The second kappa shape index (κ2) is 3.81. The summed E-state index contributed by atoms with van der Waals surface area (Å²) in [6, 6.07) is 7.92. The molecule has 0 saturated heterocycles. The van der Waals surface area contributed by atoms with E-state index in [1.165, 1.54) is 0 Å². The van der Waals surface area contributed by atoms with E-state index < -0.39 is 0 Å². The molecule has 0 atom stereocenters. The third kappa shape index (κ3) is 1.58. The van der Waals surface area contributed by atoms with Crippen LogP contribution in [-0.2, 0) is 6.54 Å². The van der Waals surface area contributed by atoms with E-state index in [1.807, 2.05) is 24.3 Å². The molecule has 4 heteroatoms. The zero-order valence-corrected chi connectivity index (χ0v) is 8.71. The highest BCUT2D eigenvalue weighted by Crippen LogP contribution is 2.25. The molecular formula is C12H11N3O. The Bertz CT molecular complexity index is 487. The third-order valence-electron chi connectivity index (χ3n) is 2.60. The van der Waals surface area contributed by atoms with Crippen LogP contribution in [-0.4, -0.2) is 16.7 Å². The van der Waals surface area contributed by atoms with Gasteiger partial charge >= 0.3 is 0 Å². The van der Waals surface area contributed by atoms with Gasteiger partial charge in [0.2, 0.25) is 5.88 Å². The Kier molecular flexibility index (Phi) is 2.18. The number of anilines is 1. The predicted octanol–water partition coefficient (Wildman–Crippen LogP) is 1.83. The van der Waals surface area contributed by atoms with Crippen molar-refractivity contribution in [3.05, 3.63) is 48.4 Å². The molecule has 0 radical (unpaired) electrons. The maximum absolute atomic E-state index is 5.58. The van der Waals surface area contributed by atoms with E-state index >= 15 is 0 Å². The Morgan fingerprint density at radius 3 is 2.88 bits per heavy atom. The lowest BCUT2D eigenvalue weighted by Crippen LogP contribution is -2.32. The number of rotatable bonds is 1. The molecule has 0 unspecified atom stereocenters. The van der Waals surface area contributed by atoms with Crippen molar-refractivity contribution in [1.82, 2.24) is 9.97 Å². The summed E-state index contributed by atoms with van der Waals surface area (Å²) in [5.41, 5.74) is 2.23. The number of nitrogens with zero attached hydrogens (tertiary/aromatic N) is 3. The molecule has 3 rings (SSSR count). The molecule has 4 nitrogen and oxygen atoms in total. The second-order valence-electron chi connectivity index (χ2n) is 3.64. The van der Waals surface area contributed by atoms with E-state index in [0.29, 0.717) is 6.73 Å². The molecule has 0 amide bonds. The highest BCUT2D eigenvalue weighted by Gasteiger charge is 2.17. The molecule has 0 fully saturated rings. The van der Waals surface area contributed by atoms with E-state index in [1.54, 1.807) is 18.6 Å². The van der Waals surface area contributed by atoms with Crippen LogP contribution in [0.15, 0.2) is 42.9 Å². The van der Waals surface area contributed by atoms with Crippen molar-refractivity contribution in [3.8, 4) is 5.88 Å². The van der Waals surface area contributed by atoms with Crippen molar-refractivity contribution < 1.29 is 4.74 Å². The minimum atomic E-state index is 0.536. The standard InChI is InChI=1S/C12H11N3O/c1-2-10-8-15(9-16-12(10)14-5-1)11-3-6-13-7-4-11/h1-7H,8-9H2. The molecule has 2 aromatic rings. The number of hydrogen-bond donors (Lipinski definition) is 0. The normalized spacial score (nSPS) is 14.1. The molecule has 0 bridgehead atoms. The fraction of sp³-hybridized carbons (Fsp3) is 0.167. The maximum atomic E-state index is 5.58. The first-order chi connectivity index (χ1) is 7.93. The average Bonchev–Trinajstić information content (AvgIpc) is 2.39. The maximum Gasteiger partial charge on any atom is 0.220 e. The first-order valence-corrected chi connectivity index (χ1v) is 5.15. The van der Waals surface area contributed by atoms with Crippen LogP contribution in [0, 0.1) is 0 Å². The molecule has 0 spiro atoms. The molecule has 0 saturated carbocycles. The van der Waals surface area contributed by atoms with Crippen LogP contribution in [0.4, 0.5) is 5.69 Å². The van der Waals surface area contributed by atoms with Gasteiger partial charge in [-0.25, -0.2) is 4.98 Å². The van der Waals surface area contributed by atoms with Gasteiger partial charge in [-0.1, -0.05) is 6.07 Å². The number of ether oxygens (including phenoxy) is 1. The Morgan fingerprint density at radius 1 is 1.12 bits per heavy atom. The Morgan fingerprint density at radius 2 is 2.00 bits per heavy atom. The smallest absolute Gasteiger partial charge is 0.220 e. The number of aromatic nitrogens is 2. The van der Waals surface area contributed by atoms with Crippen molar-refractivity contribution in [3.63, 3.8) is 0 Å². The summed E-state index contributed by atoms with van der Waals surface area (Å²) in [5.74, 6) is 0.743. The Balaban J connectivity index is 1.89. The molecule has 2 aromatic heterocycles.